The molecule has 47 heteroatoms. The molecule has 5 aliphatic heterocycles. The van der Waals surface area contributed by atoms with Crippen LogP contribution in [0.4, 0.5) is 56.9 Å². The number of carbonyl (C=O) groups is 5. The van der Waals surface area contributed by atoms with Gasteiger partial charge in [0.15, 0.2) is 29.1 Å². The van der Waals surface area contributed by atoms with Crippen molar-refractivity contribution >= 4 is 162 Å². The van der Waals surface area contributed by atoms with Crippen LogP contribution >= 0.6 is 22.7 Å². The van der Waals surface area contributed by atoms with Gasteiger partial charge in [-0.3, -0.25) is 74.4 Å². The van der Waals surface area contributed by atoms with Crippen molar-refractivity contribution in [1.82, 2.24) is 147 Å². The number of carbonyl (C=O) groups excluding carboxylic acids is 5. The lowest BCUT2D eigenvalue weighted by Gasteiger charge is -2.30. The van der Waals surface area contributed by atoms with Crippen LogP contribution in [-0.2, 0) is 0 Å². The fourth-order valence-corrected chi connectivity index (χ4v) is 18.6. The molecule has 5 aromatic carbocycles. The summed E-state index contributed by atoms with van der Waals surface area (Å²) in [5.74, 6) is 1.30. The Morgan fingerprint density at radius 2 is 0.662 bits per heavy atom. The SMILES string of the molecule is O=C(Nc1cnccc1N1CCNCC1)c1nc(-c2ccc3[nH]ccc3c2)n[nH]1.O=C(Nc1cnccc1N1CCNCC1)c1nc(-c2ccc3nc[nH]c3c2)n[nH]1.O=C(Nc1cnccc1N1CCNCC1)c1nc(-c2ccc3occc3c2)n[nH]1.O=C(Nc1cnccc1N1CCNCC1)c1nc(-c2ccc3sccc3c2)n[nH]1.O=C(Nc1cnccc1N1CCNCC1)c1nc(-c2ccc3scnc3c2)n[nH]1. The molecule has 730 valence electrons. The summed E-state index contributed by atoms with van der Waals surface area (Å²) in [7, 11) is 0. The molecule has 45 nitrogen and oxygen atoms in total. The Morgan fingerprint density at radius 1 is 0.310 bits per heavy atom. The summed E-state index contributed by atoms with van der Waals surface area (Å²) < 4.78 is 7.66. The molecule has 0 bridgehead atoms. The molecule has 0 atom stereocenters. The Labute approximate surface area is 832 Å². The number of thiazole rings is 1. The first kappa shape index (κ1) is 93.4. The number of anilines is 10. The Morgan fingerprint density at radius 3 is 1.07 bits per heavy atom. The molecule has 0 spiro atoms. The second-order valence-electron chi connectivity index (χ2n) is 33.8. The third-order valence-electron chi connectivity index (χ3n) is 24.5. The predicted octanol–water partition coefficient (Wildman–Crippen LogP) is 10.6. The van der Waals surface area contributed by atoms with Crippen molar-refractivity contribution in [2.45, 2.75) is 0 Å². The molecule has 5 fully saturated rings. The molecule has 145 heavy (non-hydrogen) atoms. The lowest BCUT2D eigenvalue weighted by atomic mass is 10.1. The summed E-state index contributed by atoms with van der Waals surface area (Å²) in [4.78, 5) is 132. The van der Waals surface area contributed by atoms with Crippen molar-refractivity contribution in [2.24, 2.45) is 0 Å². The van der Waals surface area contributed by atoms with Crippen molar-refractivity contribution in [3.63, 3.8) is 0 Å². The monoisotopic (exact) mass is 1980 g/mol. The quantitative estimate of drug-likeness (QED) is 0.0337. The number of hydrogen-bond acceptors (Lipinski definition) is 35. The summed E-state index contributed by atoms with van der Waals surface area (Å²) in [6.45, 7) is 17.8. The standard InChI is InChI=1S/C20H20N8O.C20H19N7O2.C20H19N7OS.C19H19N9O.C19H18N8OS/c29-20(24-16-12-22-5-4-17(16)28-9-7-21-8-10-28)19-25-18(26-27-19)14-1-2-15-13(11-14)3-6-23-15;2*28-20(23-15-12-22-5-3-16(15)27-8-6-21-7-9-27)19-24-18(25-26-19)14-1-2-17-13(11-14)4-10-29-17;29-19(24-15-10-21-4-3-16(15)28-7-5-20-6-8-28)18-25-17(26-27-18)12-1-2-13-14(9-12)23-11-22-13;28-19(23-14-10-21-4-3-15(14)27-7-5-20-6-8-27)18-24-17(25-26-18)12-1-2-16-13(9-12)22-11-29-16/h1-6,11-12,21,23H,7-10H2,(H,24,29)(H,25,26,27);2*1-5,10-12,21H,6-9H2,(H,23,28)(H,24,25,26);1-4,9-11,20H,5-8H2,(H,22,23)(H,24,29)(H,25,26,27);1-4,9-11,20H,5-8H2,(H,23,28)(H,24,25,26). The largest absolute Gasteiger partial charge is 0.464 e. The van der Waals surface area contributed by atoms with E-state index in [2.05, 4.69) is 210 Å². The second-order valence-corrected chi connectivity index (χ2v) is 35.6. The number of furan rings is 1. The van der Waals surface area contributed by atoms with Crippen LogP contribution in [0.15, 0.2) is 236 Å². The first-order valence-corrected chi connectivity index (χ1v) is 48.6. The summed E-state index contributed by atoms with van der Waals surface area (Å²) in [5, 5.41) is 71.1. The number of thiophene rings is 1. The summed E-state index contributed by atoms with van der Waals surface area (Å²) >= 11 is 3.27. The lowest BCUT2D eigenvalue weighted by molar-refractivity contribution is 0.101. The molecular weight excluding hydrogens is 1880 g/mol. The zero-order valence-electron chi connectivity index (χ0n) is 77.7. The smallest absolute Gasteiger partial charge is 0.293 e. The van der Waals surface area contributed by atoms with Gasteiger partial charge >= 0.3 is 0 Å². The zero-order valence-corrected chi connectivity index (χ0v) is 79.3. The van der Waals surface area contributed by atoms with E-state index in [9.17, 15) is 24.0 Å². The average Bonchev–Trinajstić information content (AvgIpc) is 1.70. The van der Waals surface area contributed by atoms with Gasteiger partial charge in [-0.05, 0) is 150 Å². The van der Waals surface area contributed by atoms with Crippen molar-refractivity contribution in [3.05, 3.63) is 260 Å². The van der Waals surface area contributed by atoms with Crippen molar-refractivity contribution < 1.29 is 28.4 Å². The molecule has 25 rings (SSSR count). The summed E-state index contributed by atoms with van der Waals surface area (Å²) in [6, 6.07) is 44.5. The minimum absolute atomic E-state index is 0.139. The fraction of sp³-hybridized carbons (Fsp3) is 0.204. The molecule has 5 aliphatic rings. The third-order valence-corrected chi connectivity index (χ3v) is 26.2. The highest BCUT2D eigenvalue weighted by Crippen LogP contribution is 2.35. The molecule has 17 N–H and O–H groups in total. The van der Waals surface area contributed by atoms with Crippen molar-refractivity contribution in [1.29, 1.82) is 0 Å². The van der Waals surface area contributed by atoms with Crippen molar-refractivity contribution in [3.8, 4) is 56.9 Å². The Bertz CT molecular complexity index is 6870. The minimum atomic E-state index is -0.365. The molecule has 15 aromatic heterocycles. The average molecular weight is 1980 g/mol. The van der Waals surface area contributed by atoms with Gasteiger partial charge in [-0.2, -0.15) is 25.5 Å². The number of aromatic amines is 7. The number of nitrogens with zero attached hydrogens (tertiary/aromatic N) is 22. The van der Waals surface area contributed by atoms with Crippen molar-refractivity contribution in [2.75, 3.05) is 182 Å². The number of imidazole rings is 1. The van der Waals surface area contributed by atoms with Crippen LogP contribution < -0.4 is 77.7 Å². The first-order chi connectivity index (χ1) is 71.4. The molecule has 5 amide bonds. The molecule has 20 aromatic rings. The molecule has 0 aliphatic carbocycles. The van der Waals surface area contributed by atoms with Crippen LogP contribution in [0.2, 0.25) is 0 Å². The Kier molecular flexibility index (Phi) is 28.3. The number of aromatic nitrogens is 24. The first-order valence-electron chi connectivity index (χ1n) is 46.9. The van der Waals surface area contributed by atoms with Gasteiger partial charge in [0.25, 0.3) is 29.5 Å². The number of benzene rings is 5. The van der Waals surface area contributed by atoms with Gasteiger partial charge in [-0.1, -0.05) is 0 Å². The van der Waals surface area contributed by atoms with E-state index in [1.807, 2.05) is 140 Å². The Balaban J connectivity index is 0.000000107. The van der Waals surface area contributed by atoms with E-state index in [0.717, 1.165) is 236 Å². The molecule has 0 unspecified atom stereocenters. The van der Waals surface area contributed by atoms with Crippen LogP contribution in [0.5, 0.6) is 0 Å². The number of pyridine rings is 5. The van der Waals surface area contributed by atoms with Gasteiger partial charge in [0.05, 0.1) is 127 Å². The fourth-order valence-electron chi connectivity index (χ4n) is 17.2. The second kappa shape index (κ2) is 43.9. The molecule has 0 radical (unpaired) electrons. The minimum Gasteiger partial charge on any atom is -0.464 e. The van der Waals surface area contributed by atoms with Gasteiger partial charge in [-0.15, -0.1) is 22.7 Å². The maximum Gasteiger partial charge on any atom is 0.293 e. The number of nitrogens with one attached hydrogen (secondary N) is 17. The highest BCUT2D eigenvalue weighted by Gasteiger charge is 2.28. The lowest BCUT2D eigenvalue weighted by Crippen LogP contribution is -2.43. The van der Waals surface area contributed by atoms with Crippen LogP contribution in [0.3, 0.4) is 0 Å². The molecule has 0 saturated carbocycles. The highest BCUT2D eigenvalue weighted by atomic mass is 32.1. The van der Waals surface area contributed by atoms with E-state index in [4.69, 9.17) is 4.42 Å². The van der Waals surface area contributed by atoms with E-state index in [-0.39, 0.29) is 58.7 Å². The van der Waals surface area contributed by atoms with Crippen LogP contribution in [0.1, 0.15) is 53.1 Å². The Hall–Kier alpha value is -17.9. The number of H-pyrrole nitrogens is 7. The van der Waals surface area contributed by atoms with Gasteiger partial charge in [0.2, 0.25) is 29.1 Å². The zero-order chi connectivity index (χ0) is 98.2. The highest BCUT2D eigenvalue weighted by molar-refractivity contribution is 7.17. The molecule has 20 heterocycles. The number of rotatable bonds is 20. The predicted molar refractivity (Wildman–Crippen MR) is 555 cm³/mol. The van der Waals surface area contributed by atoms with E-state index in [1.165, 1.54) is 4.70 Å². The maximum absolute atomic E-state index is 12.8. The van der Waals surface area contributed by atoms with Gasteiger partial charge in [-0.25, -0.2) is 34.9 Å². The summed E-state index contributed by atoms with van der Waals surface area (Å²) in [6.07, 6.45) is 22.1. The number of amides is 5. The third kappa shape index (κ3) is 22.0. The maximum atomic E-state index is 12.8. The van der Waals surface area contributed by atoms with Gasteiger partial charge in [0.1, 0.15) is 5.58 Å². The topological polar surface area (TPSA) is 565 Å². The number of piperazine rings is 5. The van der Waals surface area contributed by atoms with Gasteiger partial charge < -0.3 is 92.1 Å². The van der Waals surface area contributed by atoms with Gasteiger partial charge in [0, 0.05) is 217 Å². The van der Waals surface area contributed by atoms with Crippen LogP contribution in [-0.4, -0.2) is 281 Å². The van der Waals surface area contributed by atoms with E-state index >= 15 is 0 Å². The number of hydrogen-bond donors (Lipinski definition) is 17. The number of fused-ring (bicyclic) bond motifs is 5. The summed E-state index contributed by atoms with van der Waals surface area (Å²) in [5.41, 5.74) is 18.4. The molecule has 5 saturated heterocycles. The van der Waals surface area contributed by atoms with Crippen LogP contribution in [0.25, 0.3) is 110 Å². The van der Waals surface area contributed by atoms with E-state index in [1.54, 1.807) is 103 Å². The van der Waals surface area contributed by atoms with E-state index in [0.29, 0.717) is 57.6 Å². The normalized spacial score (nSPS) is 14.3. The van der Waals surface area contributed by atoms with Crippen LogP contribution in [0, 0.1) is 0 Å². The van der Waals surface area contributed by atoms with E-state index < -0.39 is 0 Å². The molecular formula is C98H95N39O6S2.